The van der Waals surface area contributed by atoms with Crippen LogP contribution in [0.15, 0.2) is 18.3 Å². The van der Waals surface area contributed by atoms with Gasteiger partial charge in [0, 0.05) is 12.7 Å². The highest BCUT2D eigenvalue weighted by Crippen LogP contribution is 2.30. The molecule has 3 nitrogen and oxygen atoms in total. The second kappa shape index (κ2) is 4.96. The maximum absolute atomic E-state index is 12.7. The number of hydrogen-bond donors (Lipinski definition) is 0. The van der Waals surface area contributed by atoms with Crippen LogP contribution in [-0.2, 0) is 0 Å². The van der Waals surface area contributed by atoms with Gasteiger partial charge in [0.25, 0.3) is 5.91 Å². The van der Waals surface area contributed by atoms with Crippen molar-refractivity contribution in [2.24, 2.45) is 5.92 Å². The highest BCUT2D eigenvalue weighted by molar-refractivity contribution is 5.94. The zero-order chi connectivity index (χ0) is 12.3. The van der Waals surface area contributed by atoms with E-state index in [0.717, 1.165) is 12.8 Å². The molecule has 1 heterocycles. The van der Waals surface area contributed by atoms with Gasteiger partial charge in [0.2, 0.25) is 5.95 Å². The molecule has 4 heteroatoms. The molecule has 1 amide bonds. The quantitative estimate of drug-likeness (QED) is 0.585. The Morgan fingerprint density at radius 2 is 2.35 bits per heavy atom. The molecule has 0 saturated heterocycles. The predicted octanol–water partition coefficient (Wildman–Crippen LogP) is 1.71. The van der Waals surface area contributed by atoms with Crippen LogP contribution in [0.5, 0.6) is 0 Å². The van der Waals surface area contributed by atoms with E-state index >= 15 is 0 Å². The second-order valence-corrected chi connectivity index (χ2v) is 4.20. The minimum atomic E-state index is -0.591. The van der Waals surface area contributed by atoms with Crippen molar-refractivity contribution in [3.05, 3.63) is 29.8 Å². The summed E-state index contributed by atoms with van der Waals surface area (Å²) >= 11 is 0. The molecule has 0 N–H and O–H groups in total. The van der Waals surface area contributed by atoms with Crippen LogP contribution in [0.1, 0.15) is 23.2 Å². The summed E-state index contributed by atoms with van der Waals surface area (Å²) in [7, 11) is 0. The summed E-state index contributed by atoms with van der Waals surface area (Å²) in [5, 5.41) is 0. The maximum atomic E-state index is 12.7. The molecule has 88 valence electrons. The Kier molecular flexibility index (Phi) is 3.38. The standard InChI is InChI=1S/C13H13FN2O/c1-2-7-16(9-10-3-4-10)13(17)11-5-6-12(14)15-8-11/h1,5-6,8,10H,3-4,7,9H2. The first kappa shape index (κ1) is 11.6. The Hall–Kier alpha value is -1.89. The van der Waals surface area contributed by atoms with Crippen LogP contribution in [0.3, 0.4) is 0 Å². The highest BCUT2D eigenvalue weighted by Gasteiger charge is 2.26. The lowest BCUT2D eigenvalue weighted by Crippen LogP contribution is -2.33. The summed E-state index contributed by atoms with van der Waals surface area (Å²) in [5.74, 6) is 2.27. The van der Waals surface area contributed by atoms with Crippen molar-refractivity contribution >= 4 is 5.91 Å². The van der Waals surface area contributed by atoms with E-state index in [4.69, 9.17) is 6.42 Å². The molecule has 0 aliphatic heterocycles. The van der Waals surface area contributed by atoms with Gasteiger partial charge in [0.1, 0.15) is 0 Å². The number of rotatable bonds is 4. The molecule has 1 saturated carbocycles. The van der Waals surface area contributed by atoms with Crippen molar-refractivity contribution < 1.29 is 9.18 Å². The van der Waals surface area contributed by atoms with Crippen molar-refractivity contribution in [1.29, 1.82) is 0 Å². The minimum absolute atomic E-state index is 0.178. The lowest BCUT2D eigenvalue weighted by atomic mass is 10.2. The third-order valence-electron chi connectivity index (χ3n) is 2.72. The molecule has 1 aliphatic carbocycles. The Balaban J connectivity index is 2.09. The lowest BCUT2D eigenvalue weighted by molar-refractivity contribution is 0.0769. The SMILES string of the molecule is C#CCN(CC1CC1)C(=O)c1ccc(F)nc1. The minimum Gasteiger partial charge on any atom is -0.327 e. The molecule has 1 aromatic heterocycles. The van der Waals surface area contributed by atoms with Gasteiger partial charge in [-0.15, -0.1) is 6.42 Å². The fourth-order valence-electron chi connectivity index (χ4n) is 1.63. The third kappa shape index (κ3) is 3.04. The molecule has 1 fully saturated rings. The molecule has 2 rings (SSSR count). The van der Waals surface area contributed by atoms with Gasteiger partial charge in [0.05, 0.1) is 12.1 Å². The molecule has 1 aliphatic rings. The highest BCUT2D eigenvalue weighted by atomic mass is 19.1. The summed E-state index contributed by atoms with van der Waals surface area (Å²) in [6.45, 7) is 0.965. The van der Waals surface area contributed by atoms with Crippen molar-refractivity contribution in [3.63, 3.8) is 0 Å². The number of carbonyl (C=O) groups excluding carboxylic acids is 1. The number of terminal acetylenes is 1. The van der Waals surface area contributed by atoms with Crippen LogP contribution in [0.25, 0.3) is 0 Å². The molecule has 0 radical (unpaired) electrons. The van der Waals surface area contributed by atoms with Gasteiger partial charge < -0.3 is 4.90 Å². The van der Waals surface area contributed by atoms with Crippen LogP contribution in [0.4, 0.5) is 4.39 Å². The fourth-order valence-corrected chi connectivity index (χ4v) is 1.63. The molecule has 0 bridgehead atoms. The van der Waals surface area contributed by atoms with E-state index in [9.17, 15) is 9.18 Å². The number of halogens is 1. The van der Waals surface area contributed by atoms with E-state index in [1.54, 1.807) is 4.90 Å². The number of pyridine rings is 1. The molecule has 0 aromatic carbocycles. The lowest BCUT2D eigenvalue weighted by Gasteiger charge is -2.19. The molecule has 17 heavy (non-hydrogen) atoms. The Labute approximate surface area is 99.7 Å². The second-order valence-electron chi connectivity index (χ2n) is 4.20. The molecule has 0 spiro atoms. The largest absolute Gasteiger partial charge is 0.327 e. The Morgan fingerprint density at radius 1 is 1.59 bits per heavy atom. The van der Waals surface area contributed by atoms with Gasteiger partial charge in [0.15, 0.2) is 0 Å². The van der Waals surface area contributed by atoms with Gasteiger partial charge in [-0.05, 0) is 30.9 Å². The zero-order valence-corrected chi connectivity index (χ0v) is 9.40. The van der Waals surface area contributed by atoms with Gasteiger partial charge in [-0.25, -0.2) is 4.98 Å². The predicted molar refractivity (Wildman–Crippen MR) is 61.7 cm³/mol. The molecule has 0 atom stereocenters. The monoisotopic (exact) mass is 232 g/mol. The van der Waals surface area contributed by atoms with Crippen molar-refractivity contribution in [2.45, 2.75) is 12.8 Å². The summed E-state index contributed by atoms with van der Waals surface area (Å²) < 4.78 is 12.7. The van der Waals surface area contributed by atoms with Crippen LogP contribution in [0, 0.1) is 24.2 Å². The average molecular weight is 232 g/mol. The van der Waals surface area contributed by atoms with Crippen LogP contribution < -0.4 is 0 Å². The average Bonchev–Trinajstić information content (AvgIpc) is 3.13. The first-order valence-corrected chi connectivity index (χ1v) is 5.55. The van der Waals surface area contributed by atoms with Crippen molar-refractivity contribution in [3.8, 4) is 12.3 Å². The number of aromatic nitrogens is 1. The number of nitrogens with zero attached hydrogens (tertiary/aromatic N) is 2. The molecule has 0 unspecified atom stereocenters. The normalized spacial score (nSPS) is 14.1. The summed E-state index contributed by atoms with van der Waals surface area (Å²) in [5.41, 5.74) is 0.377. The molecule has 1 aromatic rings. The van der Waals surface area contributed by atoms with E-state index in [1.165, 1.54) is 18.3 Å². The first-order valence-electron chi connectivity index (χ1n) is 5.55. The summed E-state index contributed by atoms with van der Waals surface area (Å²) in [4.78, 5) is 17.2. The van der Waals surface area contributed by atoms with Gasteiger partial charge in [-0.1, -0.05) is 5.92 Å². The van der Waals surface area contributed by atoms with Gasteiger partial charge in [-0.3, -0.25) is 4.79 Å². The van der Waals surface area contributed by atoms with Crippen LogP contribution >= 0.6 is 0 Å². The Morgan fingerprint density at radius 3 is 2.88 bits per heavy atom. The number of hydrogen-bond acceptors (Lipinski definition) is 2. The molecular weight excluding hydrogens is 219 g/mol. The van der Waals surface area contributed by atoms with Crippen LogP contribution in [-0.4, -0.2) is 28.9 Å². The van der Waals surface area contributed by atoms with Gasteiger partial charge in [-0.2, -0.15) is 4.39 Å². The van der Waals surface area contributed by atoms with E-state index < -0.39 is 5.95 Å². The number of amides is 1. The fraction of sp³-hybridized carbons (Fsp3) is 0.385. The van der Waals surface area contributed by atoms with E-state index in [2.05, 4.69) is 10.9 Å². The van der Waals surface area contributed by atoms with Crippen LogP contribution in [0.2, 0.25) is 0 Å². The summed E-state index contributed by atoms with van der Waals surface area (Å²) in [6.07, 6.45) is 8.79. The van der Waals surface area contributed by atoms with Crippen molar-refractivity contribution in [1.82, 2.24) is 9.88 Å². The third-order valence-corrected chi connectivity index (χ3v) is 2.72. The van der Waals surface area contributed by atoms with E-state index in [1.807, 2.05) is 0 Å². The Bertz CT molecular complexity index is 445. The zero-order valence-electron chi connectivity index (χ0n) is 9.40. The topological polar surface area (TPSA) is 33.2 Å². The number of carbonyl (C=O) groups is 1. The van der Waals surface area contributed by atoms with Gasteiger partial charge >= 0.3 is 0 Å². The van der Waals surface area contributed by atoms with Crippen molar-refractivity contribution in [2.75, 3.05) is 13.1 Å². The van der Waals surface area contributed by atoms with E-state index in [0.29, 0.717) is 18.0 Å². The summed E-state index contributed by atoms with van der Waals surface area (Å²) in [6, 6.07) is 2.61. The first-order chi connectivity index (χ1) is 8.20. The van der Waals surface area contributed by atoms with E-state index in [-0.39, 0.29) is 12.5 Å². The smallest absolute Gasteiger partial charge is 0.256 e. The molecular formula is C13H13FN2O. The maximum Gasteiger partial charge on any atom is 0.256 e.